The molecule has 0 bridgehead atoms. The highest BCUT2D eigenvalue weighted by atomic mass is 32.1. The van der Waals surface area contributed by atoms with Crippen LogP contribution in [0.15, 0.2) is 72.8 Å². The van der Waals surface area contributed by atoms with Crippen molar-refractivity contribution in [2.45, 2.75) is 6.92 Å². The summed E-state index contributed by atoms with van der Waals surface area (Å²) in [6, 6.07) is 26.3. The molecule has 0 fully saturated rings. The zero-order valence-electron chi connectivity index (χ0n) is 15.7. The van der Waals surface area contributed by atoms with E-state index in [9.17, 15) is 0 Å². The molecule has 0 atom stereocenters. The van der Waals surface area contributed by atoms with Gasteiger partial charge in [0.05, 0.1) is 11.0 Å². The van der Waals surface area contributed by atoms with E-state index in [0.717, 1.165) is 10.6 Å². The summed E-state index contributed by atoms with van der Waals surface area (Å²) in [5.74, 6) is 0.980. The average molecular weight is 376 g/mol. The quantitative estimate of drug-likeness (QED) is 0.365. The molecule has 0 amide bonds. The van der Waals surface area contributed by atoms with Crippen molar-refractivity contribution in [1.82, 2.24) is 9.55 Å². The standard InChI is InChI=1S/C24H17BN2S/c1-14-6-8-16-19-13-15(25)7-10-20(19)27(21(16)12-14)23-11-9-18-17-4-2-3-5-22(17)28-24(18)26-23/h2-13H,25H2,1H3. The number of aromatic nitrogens is 2. The first-order valence-corrected chi connectivity index (χ1v) is 10.3. The van der Waals surface area contributed by atoms with Crippen molar-refractivity contribution in [2.75, 3.05) is 0 Å². The van der Waals surface area contributed by atoms with Gasteiger partial charge in [0.1, 0.15) is 18.5 Å². The third kappa shape index (κ3) is 2.18. The van der Waals surface area contributed by atoms with E-state index in [4.69, 9.17) is 4.98 Å². The number of pyridine rings is 1. The van der Waals surface area contributed by atoms with Crippen molar-refractivity contribution in [1.29, 1.82) is 0 Å². The Bertz CT molecular complexity index is 1540. The van der Waals surface area contributed by atoms with Crippen molar-refractivity contribution in [3.8, 4) is 5.82 Å². The molecule has 0 N–H and O–H groups in total. The molecule has 0 radical (unpaired) electrons. The maximum atomic E-state index is 5.09. The molecule has 0 aliphatic heterocycles. The van der Waals surface area contributed by atoms with Crippen molar-refractivity contribution in [3.63, 3.8) is 0 Å². The van der Waals surface area contributed by atoms with Crippen LogP contribution in [0.4, 0.5) is 0 Å². The molecule has 0 aliphatic carbocycles. The molecule has 0 spiro atoms. The van der Waals surface area contributed by atoms with Crippen LogP contribution in [0, 0.1) is 6.92 Å². The van der Waals surface area contributed by atoms with Gasteiger partial charge in [-0.2, -0.15) is 0 Å². The van der Waals surface area contributed by atoms with Gasteiger partial charge in [-0.3, -0.25) is 4.57 Å². The van der Waals surface area contributed by atoms with Crippen LogP contribution in [0.2, 0.25) is 0 Å². The predicted octanol–water partition coefficient (Wildman–Crippen LogP) is 5.11. The lowest BCUT2D eigenvalue weighted by Crippen LogP contribution is -2.01. The summed E-state index contributed by atoms with van der Waals surface area (Å²) >= 11 is 1.77. The molecule has 0 saturated heterocycles. The van der Waals surface area contributed by atoms with Gasteiger partial charge < -0.3 is 0 Å². The lowest BCUT2D eigenvalue weighted by molar-refractivity contribution is 1.10. The smallest absolute Gasteiger partial charge is 0.139 e. The Morgan fingerprint density at radius 1 is 0.786 bits per heavy atom. The van der Waals surface area contributed by atoms with E-state index in [1.807, 2.05) is 0 Å². The summed E-state index contributed by atoms with van der Waals surface area (Å²) in [6.07, 6.45) is 0. The summed E-state index contributed by atoms with van der Waals surface area (Å²) < 4.78 is 3.59. The van der Waals surface area contributed by atoms with Crippen LogP contribution in [0.3, 0.4) is 0 Å². The van der Waals surface area contributed by atoms with E-state index in [-0.39, 0.29) is 0 Å². The third-order valence-electron chi connectivity index (χ3n) is 5.54. The molecule has 0 unspecified atom stereocenters. The fourth-order valence-electron chi connectivity index (χ4n) is 4.21. The highest BCUT2D eigenvalue weighted by molar-refractivity contribution is 7.25. The first kappa shape index (κ1) is 15.9. The zero-order chi connectivity index (χ0) is 18.8. The fraction of sp³-hybridized carbons (Fsp3) is 0.0417. The lowest BCUT2D eigenvalue weighted by atomic mass is 9.94. The van der Waals surface area contributed by atoms with Crippen LogP contribution in [0.1, 0.15) is 5.56 Å². The van der Waals surface area contributed by atoms with Crippen molar-refractivity contribution in [3.05, 3.63) is 78.4 Å². The second-order valence-electron chi connectivity index (χ2n) is 7.50. The minimum atomic E-state index is 0.980. The van der Waals surface area contributed by atoms with E-state index >= 15 is 0 Å². The molecule has 6 rings (SSSR count). The molecule has 3 aromatic heterocycles. The zero-order valence-corrected chi connectivity index (χ0v) is 16.5. The number of benzene rings is 3. The first-order valence-electron chi connectivity index (χ1n) is 9.49. The molecule has 4 heteroatoms. The van der Waals surface area contributed by atoms with Gasteiger partial charge >= 0.3 is 0 Å². The Morgan fingerprint density at radius 3 is 2.57 bits per heavy atom. The molecule has 3 heterocycles. The van der Waals surface area contributed by atoms with Crippen LogP contribution >= 0.6 is 11.3 Å². The maximum absolute atomic E-state index is 5.09. The summed E-state index contributed by atoms with van der Waals surface area (Å²) in [6.45, 7) is 2.15. The van der Waals surface area contributed by atoms with E-state index in [1.54, 1.807) is 11.3 Å². The maximum Gasteiger partial charge on any atom is 0.139 e. The Balaban J connectivity index is 1.73. The predicted molar refractivity (Wildman–Crippen MR) is 124 cm³/mol. The van der Waals surface area contributed by atoms with Crippen LogP contribution in [-0.4, -0.2) is 17.4 Å². The van der Waals surface area contributed by atoms with E-state index < -0.39 is 0 Å². The molecule has 6 aromatic rings. The number of thiophene rings is 1. The monoisotopic (exact) mass is 376 g/mol. The van der Waals surface area contributed by atoms with Gasteiger partial charge in [-0.15, -0.1) is 11.3 Å². The SMILES string of the molecule is Bc1ccc2c(c1)c1ccc(C)cc1n2-c1ccc2c(n1)sc1ccccc12. The van der Waals surface area contributed by atoms with Gasteiger partial charge in [0.25, 0.3) is 0 Å². The van der Waals surface area contributed by atoms with Crippen LogP contribution in [0.5, 0.6) is 0 Å². The lowest BCUT2D eigenvalue weighted by Gasteiger charge is -2.07. The number of rotatable bonds is 1. The van der Waals surface area contributed by atoms with E-state index in [2.05, 4.69) is 92.1 Å². The Morgan fingerprint density at radius 2 is 1.64 bits per heavy atom. The summed E-state index contributed by atoms with van der Waals surface area (Å²) in [4.78, 5) is 6.18. The summed E-state index contributed by atoms with van der Waals surface area (Å²) in [5, 5.41) is 5.09. The average Bonchev–Trinajstić information content (AvgIpc) is 3.22. The number of hydrogen-bond donors (Lipinski definition) is 0. The second kappa shape index (κ2) is 5.70. The highest BCUT2D eigenvalue weighted by Crippen LogP contribution is 2.35. The molecule has 132 valence electrons. The van der Waals surface area contributed by atoms with Gasteiger partial charge in [-0.05, 0) is 42.8 Å². The van der Waals surface area contributed by atoms with Crippen molar-refractivity contribution < 1.29 is 0 Å². The van der Waals surface area contributed by atoms with Gasteiger partial charge in [-0.1, -0.05) is 47.9 Å². The topological polar surface area (TPSA) is 17.8 Å². The third-order valence-corrected chi connectivity index (χ3v) is 6.62. The molecule has 0 aliphatic rings. The van der Waals surface area contributed by atoms with Crippen molar-refractivity contribution in [2.24, 2.45) is 0 Å². The Kier molecular flexibility index (Phi) is 3.24. The summed E-state index contributed by atoms with van der Waals surface area (Å²) in [5.41, 5.74) is 4.96. The number of fused-ring (bicyclic) bond motifs is 6. The Labute approximate surface area is 167 Å². The van der Waals surface area contributed by atoms with Crippen LogP contribution in [0.25, 0.3) is 47.9 Å². The molecule has 3 aromatic carbocycles. The Hall–Kier alpha value is -3.11. The normalized spacial score (nSPS) is 11.9. The fourth-order valence-corrected chi connectivity index (χ4v) is 5.28. The number of hydrogen-bond acceptors (Lipinski definition) is 2. The molecular weight excluding hydrogens is 359 g/mol. The molecular formula is C24H17BN2S. The molecule has 2 nitrogen and oxygen atoms in total. The van der Waals surface area contributed by atoms with Gasteiger partial charge in [0, 0.05) is 26.2 Å². The van der Waals surface area contributed by atoms with Crippen LogP contribution < -0.4 is 5.46 Å². The van der Waals surface area contributed by atoms with Crippen LogP contribution in [-0.2, 0) is 0 Å². The van der Waals surface area contributed by atoms with Gasteiger partial charge in [0.15, 0.2) is 0 Å². The van der Waals surface area contributed by atoms with Gasteiger partial charge in [0.2, 0.25) is 0 Å². The largest absolute Gasteiger partial charge is 0.294 e. The van der Waals surface area contributed by atoms with E-state index in [0.29, 0.717) is 0 Å². The van der Waals surface area contributed by atoms with E-state index in [1.165, 1.54) is 48.3 Å². The molecule has 28 heavy (non-hydrogen) atoms. The van der Waals surface area contributed by atoms with Gasteiger partial charge in [-0.25, -0.2) is 4.98 Å². The molecule has 0 saturated carbocycles. The summed E-state index contributed by atoms with van der Waals surface area (Å²) in [7, 11) is 2.15. The minimum Gasteiger partial charge on any atom is -0.294 e. The minimum absolute atomic E-state index is 0.980. The highest BCUT2D eigenvalue weighted by Gasteiger charge is 2.15. The second-order valence-corrected chi connectivity index (χ2v) is 8.53. The first-order chi connectivity index (χ1) is 13.7. The number of aryl methyl sites for hydroxylation is 1. The van der Waals surface area contributed by atoms with Crippen molar-refractivity contribution >= 4 is 66.8 Å². The number of nitrogens with zero attached hydrogens (tertiary/aromatic N) is 2.